The Bertz CT molecular complexity index is 2190. The highest BCUT2D eigenvalue weighted by Gasteiger charge is 2.21. The second kappa shape index (κ2) is 11.5. The first-order chi connectivity index (χ1) is 22.2. The Morgan fingerprint density at radius 3 is 1.84 bits per heavy atom. The largest absolute Gasteiger partial charge is 0.337 e. The van der Waals surface area contributed by atoms with Crippen molar-refractivity contribution in [3.8, 4) is 34.2 Å². The van der Waals surface area contributed by atoms with Gasteiger partial charge in [0, 0.05) is 54.7 Å². The molecule has 0 bridgehead atoms. The van der Waals surface area contributed by atoms with Crippen molar-refractivity contribution in [2.45, 2.75) is 0 Å². The maximum Gasteiger partial charge on any atom is 0.164 e. The van der Waals surface area contributed by atoms with E-state index in [1.165, 1.54) is 25.9 Å². The molecule has 5 heteroatoms. The van der Waals surface area contributed by atoms with Crippen LogP contribution in [0.5, 0.6) is 0 Å². The SMILES string of the molecule is C=C1/C=C\C=C/CN(c2ccc(-c3nc(-c4ccccc4)nc(-c4ccccc4)n3)cc2)c2c1ccc1sc3ccccc3c21. The first kappa shape index (κ1) is 26.9. The second-order valence-electron chi connectivity index (χ2n) is 10.9. The number of rotatable bonds is 4. The van der Waals surface area contributed by atoms with Gasteiger partial charge in [-0.15, -0.1) is 11.3 Å². The predicted octanol–water partition coefficient (Wildman–Crippen LogP) is 10.5. The summed E-state index contributed by atoms with van der Waals surface area (Å²) in [5.74, 6) is 1.95. The van der Waals surface area contributed by atoms with Gasteiger partial charge in [-0.25, -0.2) is 15.0 Å². The fourth-order valence-electron chi connectivity index (χ4n) is 5.90. The molecule has 0 unspecified atom stereocenters. The summed E-state index contributed by atoms with van der Waals surface area (Å²) in [6.45, 7) is 5.17. The molecular formula is C40H28N4S. The van der Waals surface area contributed by atoms with Gasteiger partial charge in [-0.2, -0.15) is 0 Å². The molecule has 0 radical (unpaired) electrons. The van der Waals surface area contributed by atoms with E-state index in [-0.39, 0.29) is 0 Å². The van der Waals surface area contributed by atoms with Gasteiger partial charge >= 0.3 is 0 Å². The van der Waals surface area contributed by atoms with Crippen molar-refractivity contribution in [2.24, 2.45) is 0 Å². The first-order valence-corrected chi connectivity index (χ1v) is 15.8. The van der Waals surface area contributed by atoms with E-state index in [0.717, 1.165) is 40.1 Å². The van der Waals surface area contributed by atoms with E-state index < -0.39 is 0 Å². The fraction of sp³-hybridized carbons (Fsp3) is 0.0250. The van der Waals surface area contributed by atoms with Crippen LogP contribution in [0.4, 0.5) is 11.4 Å². The van der Waals surface area contributed by atoms with Crippen LogP contribution in [0.1, 0.15) is 5.56 Å². The molecule has 0 spiro atoms. The number of anilines is 2. The topological polar surface area (TPSA) is 41.9 Å². The molecule has 4 nitrogen and oxygen atoms in total. The summed E-state index contributed by atoms with van der Waals surface area (Å²) >= 11 is 1.83. The lowest BCUT2D eigenvalue weighted by Gasteiger charge is -2.27. The van der Waals surface area contributed by atoms with Gasteiger partial charge < -0.3 is 4.90 Å². The molecule has 2 aromatic heterocycles. The van der Waals surface area contributed by atoms with E-state index in [2.05, 4.69) is 96.4 Å². The molecule has 1 aliphatic rings. The summed E-state index contributed by atoms with van der Waals surface area (Å²) in [6, 6.07) is 41.8. The van der Waals surface area contributed by atoms with Crippen molar-refractivity contribution < 1.29 is 0 Å². The second-order valence-corrected chi connectivity index (χ2v) is 12.0. The minimum atomic E-state index is 0.641. The van der Waals surface area contributed by atoms with E-state index >= 15 is 0 Å². The van der Waals surface area contributed by atoms with Gasteiger partial charge in [0.05, 0.1) is 5.69 Å². The van der Waals surface area contributed by atoms with Crippen LogP contribution in [0.15, 0.2) is 152 Å². The van der Waals surface area contributed by atoms with Gasteiger partial charge in [-0.3, -0.25) is 0 Å². The van der Waals surface area contributed by atoms with Crippen molar-refractivity contribution in [1.82, 2.24) is 15.0 Å². The smallest absolute Gasteiger partial charge is 0.164 e. The Balaban J connectivity index is 1.27. The molecule has 5 aromatic carbocycles. The standard InChI is InChI=1S/C40H28N4S/c1-27-13-5-4-12-26-44(37-32(27)24-25-35-36(37)33-18-10-11-19-34(33)45-35)31-22-20-30(21-23-31)40-42-38(28-14-6-2-7-15-28)41-39(43-40)29-16-8-3-9-17-29/h2-25H,1,26H2/b12-4-,13-5-. The van der Waals surface area contributed by atoms with Gasteiger partial charge in [-0.05, 0) is 42.0 Å². The Labute approximate surface area is 266 Å². The van der Waals surface area contributed by atoms with Crippen molar-refractivity contribution in [2.75, 3.05) is 11.4 Å². The molecule has 0 saturated carbocycles. The third-order valence-electron chi connectivity index (χ3n) is 8.10. The maximum atomic E-state index is 4.93. The summed E-state index contributed by atoms with van der Waals surface area (Å²) in [4.78, 5) is 17.1. The van der Waals surface area contributed by atoms with Gasteiger partial charge in [0.2, 0.25) is 0 Å². The number of fused-ring (bicyclic) bond motifs is 5. The lowest BCUT2D eigenvalue weighted by atomic mass is 9.99. The van der Waals surface area contributed by atoms with Crippen LogP contribution >= 0.6 is 11.3 Å². The van der Waals surface area contributed by atoms with E-state index in [0.29, 0.717) is 17.5 Å². The number of benzene rings is 5. The number of nitrogens with zero attached hydrogens (tertiary/aromatic N) is 4. The number of aromatic nitrogens is 3. The molecule has 3 heterocycles. The minimum absolute atomic E-state index is 0.641. The van der Waals surface area contributed by atoms with Crippen molar-refractivity contribution in [3.63, 3.8) is 0 Å². The average molecular weight is 597 g/mol. The van der Waals surface area contributed by atoms with E-state index in [1.807, 2.05) is 72.0 Å². The Morgan fingerprint density at radius 2 is 1.18 bits per heavy atom. The lowest BCUT2D eigenvalue weighted by Crippen LogP contribution is -2.18. The zero-order valence-electron chi connectivity index (χ0n) is 24.5. The Kier molecular flexibility index (Phi) is 6.86. The highest BCUT2D eigenvalue weighted by atomic mass is 32.1. The Hall–Kier alpha value is -5.65. The fourth-order valence-corrected chi connectivity index (χ4v) is 7.01. The summed E-state index contributed by atoms with van der Waals surface area (Å²) < 4.78 is 2.55. The molecule has 0 aliphatic carbocycles. The number of thiophene rings is 1. The lowest BCUT2D eigenvalue weighted by molar-refractivity contribution is 1.07. The highest BCUT2D eigenvalue weighted by molar-refractivity contribution is 7.26. The van der Waals surface area contributed by atoms with Gasteiger partial charge in [0.1, 0.15) is 0 Å². The molecule has 0 amide bonds. The number of allylic oxidation sites excluding steroid dienone is 4. The predicted molar refractivity (Wildman–Crippen MR) is 190 cm³/mol. The summed E-state index contributed by atoms with van der Waals surface area (Å²) in [5, 5.41) is 2.53. The van der Waals surface area contributed by atoms with Gasteiger partial charge in [0.25, 0.3) is 0 Å². The molecule has 1 aliphatic heterocycles. The van der Waals surface area contributed by atoms with E-state index in [1.54, 1.807) is 0 Å². The van der Waals surface area contributed by atoms with Gasteiger partial charge in [-0.1, -0.05) is 116 Å². The van der Waals surface area contributed by atoms with Crippen LogP contribution in [0, 0.1) is 0 Å². The molecule has 7 aromatic rings. The van der Waals surface area contributed by atoms with Crippen LogP contribution in [0.25, 0.3) is 59.9 Å². The normalized spacial score (nSPS) is 14.5. The monoisotopic (exact) mass is 596 g/mol. The third-order valence-corrected chi connectivity index (χ3v) is 9.24. The van der Waals surface area contributed by atoms with Crippen LogP contribution in [-0.2, 0) is 0 Å². The van der Waals surface area contributed by atoms with E-state index in [9.17, 15) is 0 Å². The number of hydrogen-bond acceptors (Lipinski definition) is 5. The summed E-state index contributed by atoms with van der Waals surface area (Å²) in [5.41, 5.74) is 7.22. The van der Waals surface area contributed by atoms with Crippen LogP contribution in [0.2, 0.25) is 0 Å². The molecule has 45 heavy (non-hydrogen) atoms. The van der Waals surface area contributed by atoms with E-state index in [4.69, 9.17) is 15.0 Å². The van der Waals surface area contributed by atoms with Crippen molar-refractivity contribution in [3.05, 3.63) is 158 Å². The maximum absolute atomic E-state index is 4.93. The zero-order valence-corrected chi connectivity index (χ0v) is 25.3. The van der Waals surface area contributed by atoms with Crippen LogP contribution < -0.4 is 4.90 Å². The molecule has 0 saturated heterocycles. The molecule has 0 N–H and O–H groups in total. The quantitative estimate of drug-likeness (QED) is 0.203. The molecule has 0 atom stereocenters. The number of hydrogen-bond donors (Lipinski definition) is 0. The summed E-state index contributed by atoms with van der Waals surface area (Å²) in [7, 11) is 0. The Morgan fingerprint density at radius 1 is 0.578 bits per heavy atom. The molecular weight excluding hydrogens is 569 g/mol. The van der Waals surface area contributed by atoms with Crippen molar-refractivity contribution in [1.29, 1.82) is 0 Å². The average Bonchev–Trinajstić information content (AvgIpc) is 3.51. The van der Waals surface area contributed by atoms with Gasteiger partial charge in [0.15, 0.2) is 17.5 Å². The zero-order chi connectivity index (χ0) is 30.2. The van der Waals surface area contributed by atoms with Crippen molar-refractivity contribution >= 4 is 48.5 Å². The molecule has 8 rings (SSSR count). The van der Waals surface area contributed by atoms with Crippen LogP contribution in [-0.4, -0.2) is 21.5 Å². The highest BCUT2D eigenvalue weighted by Crippen LogP contribution is 2.45. The third kappa shape index (κ3) is 5.03. The molecule has 214 valence electrons. The first-order valence-electron chi connectivity index (χ1n) is 14.9. The minimum Gasteiger partial charge on any atom is -0.337 e. The molecule has 0 fully saturated rings. The van der Waals surface area contributed by atoms with Crippen LogP contribution in [0.3, 0.4) is 0 Å². The summed E-state index contributed by atoms with van der Waals surface area (Å²) in [6.07, 6.45) is 8.47.